The zero-order chi connectivity index (χ0) is 16.8. The number of oxazole rings is 1. The summed E-state index contributed by atoms with van der Waals surface area (Å²) in [4.78, 5) is 16.3. The predicted octanol–water partition coefficient (Wildman–Crippen LogP) is 3.37. The maximum atomic E-state index is 11.9. The summed E-state index contributed by atoms with van der Waals surface area (Å²) in [7, 11) is 1.63. The number of hydrogen-bond donors (Lipinski definition) is 1. The van der Waals surface area contributed by atoms with Crippen LogP contribution in [0, 0.1) is 5.92 Å². The van der Waals surface area contributed by atoms with Crippen LogP contribution in [0.5, 0.6) is 5.75 Å². The molecule has 1 heterocycles. The lowest BCUT2D eigenvalue weighted by molar-refractivity contribution is -0.121. The second-order valence-electron chi connectivity index (χ2n) is 5.94. The molecule has 126 valence electrons. The molecule has 1 amide bonds. The first-order valence-electron chi connectivity index (χ1n) is 8.27. The third kappa shape index (κ3) is 4.25. The van der Waals surface area contributed by atoms with Crippen molar-refractivity contribution in [1.29, 1.82) is 0 Å². The van der Waals surface area contributed by atoms with Crippen molar-refractivity contribution < 1.29 is 13.9 Å². The van der Waals surface area contributed by atoms with E-state index in [0.29, 0.717) is 31.2 Å². The molecule has 5 nitrogen and oxygen atoms in total. The monoisotopic (exact) mass is 326 g/mol. The first-order valence-corrected chi connectivity index (χ1v) is 8.27. The van der Waals surface area contributed by atoms with Crippen LogP contribution in [0.1, 0.15) is 25.0 Å². The summed E-state index contributed by atoms with van der Waals surface area (Å²) < 4.78 is 10.7. The van der Waals surface area contributed by atoms with Crippen LogP contribution in [-0.4, -0.2) is 24.5 Å². The maximum Gasteiger partial charge on any atom is 0.226 e. The third-order valence-corrected chi connectivity index (χ3v) is 4.15. The van der Waals surface area contributed by atoms with Gasteiger partial charge in [0, 0.05) is 24.9 Å². The average Bonchev–Trinajstić information content (AvgIpc) is 3.27. The minimum absolute atomic E-state index is 0.102. The molecule has 0 saturated carbocycles. The number of carbonyl (C=O) groups is 1. The molecule has 5 heteroatoms. The average molecular weight is 326 g/mol. The molecule has 0 spiro atoms. The van der Waals surface area contributed by atoms with Gasteiger partial charge < -0.3 is 14.5 Å². The zero-order valence-electron chi connectivity index (χ0n) is 13.8. The van der Waals surface area contributed by atoms with Crippen molar-refractivity contribution in [2.45, 2.75) is 25.7 Å². The van der Waals surface area contributed by atoms with Crippen LogP contribution in [0.4, 0.5) is 0 Å². The van der Waals surface area contributed by atoms with E-state index in [4.69, 9.17) is 9.15 Å². The fourth-order valence-electron chi connectivity index (χ4n) is 2.79. The molecule has 1 atom stereocenters. The standard InChI is InChI=1S/C19H22N2O3/c1-23-17-8-6-15(7-9-17)19-21-16(13-24-19)10-11-20-18(22)12-14-4-2-3-5-14/h2,4,6-9,13-14H,3,5,10-12H2,1H3,(H,20,22)/t14-/m1/s1. The molecule has 1 aromatic heterocycles. The second kappa shape index (κ2) is 7.81. The summed E-state index contributed by atoms with van der Waals surface area (Å²) in [6.45, 7) is 0.573. The molecule has 0 aliphatic heterocycles. The van der Waals surface area contributed by atoms with Crippen molar-refractivity contribution in [3.05, 3.63) is 48.4 Å². The number of nitrogens with one attached hydrogen (secondary N) is 1. The fraction of sp³-hybridized carbons (Fsp3) is 0.368. The van der Waals surface area contributed by atoms with Crippen LogP contribution >= 0.6 is 0 Å². The Balaban J connectivity index is 1.47. The van der Waals surface area contributed by atoms with Gasteiger partial charge in [-0.15, -0.1) is 0 Å². The normalized spacial score (nSPS) is 16.3. The smallest absolute Gasteiger partial charge is 0.226 e. The van der Waals surface area contributed by atoms with E-state index in [2.05, 4.69) is 22.5 Å². The number of nitrogens with zero attached hydrogens (tertiary/aromatic N) is 1. The SMILES string of the molecule is COc1ccc(-c2nc(CCNC(=O)C[C@@H]3C=CCC3)co2)cc1. The summed E-state index contributed by atoms with van der Waals surface area (Å²) >= 11 is 0. The Morgan fingerprint density at radius 1 is 1.38 bits per heavy atom. The Morgan fingerprint density at radius 3 is 2.92 bits per heavy atom. The van der Waals surface area contributed by atoms with Crippen LogP contribution in [0.15, 0.2) is 47.1 Å². The number of amides is 1. The third-order valence-electron chi connectivity index (χ3n) is 4.15. The van der Waals surface area contributed by atoms with Crippen LogP contribution in [0.2, 0.25) is 0 Å². The summed E-state index contributed by atoms with van der Waals surface area (Å²) in [5, 5.41) is 2.95. The van der Waals surface area contributed by atoms with Crippen LogP contribution in [-0.2, 0) is 11.2 Å². The molecule has 1 aliphatic carbocycles. The Hall–Kier alpha value is -2.56. The van der Waals surface area contributed by atoms with Gasteiger partial charge in [-0.3, -0.25) is 4.79 Å². The molecule has 1 N–H and O–H groups in total. The van der Waals surface area contributed by atoms with Gasteiger partial charge in [0.2, 0.25) is 11.8 Å². The molecule has 0 radical (unpaired) electrons. The van der Waals surface area contributed by atoms with Gasteiger partial charge in [-0.1, -0.05) is 12.2 Å². The summed E-state index contributed by atoms with van der Waals surface area (Å²) in [6, 6.07) is 7.56. The molecule has 1 aromatic carbocycles. The molecule has 0 fully saturated rings. The van der Waals surface area contributed by atoms with E-state index in [1.54, 1.807) is 13.4 Å². The Morgan fingerprint density at radius 2 is 2.21 bits per heavy atom. The highest BCUT2D eigenvalue weighted by atomic mass is 16.5. The number of ether oxygens (including phenoxy) is 1. The van der Waals surface area contributed by atoms with E-state index in [1.165, 1.54) is 0 Å². The van der Waals surface area contributed by atoms with E-state index in [-0.39, 0.29) is 5.91 Å². The molecule has 24 heavy (non-hydrogen) atoms. The molecule has 0 saturated heterocycles. The maximum absolute atomic E-state index is 11.9. The minimum atomic E-state index is 0.102. The first kappa shape index (κ1) is 16.3. The second-order valence-corrected chi connectivity index (χ2v) is 5.94. The Labute approximate surface area is 141 Å². The van der Waals surface area contributed by atoms with Gasteiger partial charge >= 0.3 is 0 Å². The molecular weight excluding hydrogens is 304 g/mol. The highest BCUT2D eigenvalue weighted by molar-refractivity contribution is 5.76. The molecule has 0 unspecified atom stereocenters. The number of rotatable bonds is 7. The van der Waals surface area contributed by atoms with Gasteiger partial charge in [-0.2, -0.15) is 0 Å². The number of aromatic nitrogens is 1. The summed E-state index contributed by atoms with van der Waals surface area (Å²) in [5.74, 6) is 1.88. The van der Waals surface area contributed by atoms with Gasteiger partial charge in [0.05, 0.1) is 12.8 Å². The highest BCUT2D eigenvalue weighted by Gasteiger charge is 2.14. The molecule has 3 rings (SSSR count). The fourth-order valence-corrected chi connectivity index (χ4v) is 2.79. The minimum Gasteiger partial charge on any atom is -0.497 e. The van der Waals surface area contributed by atoms with E-state index in [1.807, 2.05) is 24.3 Å². The van der Waals surface area contributed by atoms with Gasteiger partial charge in [-0.05, 0) is 43.0 Å². The van der Waals surface area contributed by atoms with E-state index in [0.717, 1.165) is 29.8 Å². The van der Waals surface area contributed by atoms with E-state index in [9.17, 15) is 4.79 Å². The molecule has 0 bridgehead atoms. The van der Waals surface area contributed by atoms with Gasteiger partial charge in [0.15, 0.2) is 0 Å². The quantitative estimate of drug-likeness (QED) is 0.792. The number of hydrogen-bond acceptors (Lipinski definition) is 4. The predicted molar refractivity (Wildman–Crippen MR) is 91.7 cm³/mol. The number of benzene rings is 1. The van der Waals surface area contributed by atoms with E-state index >= 15 is 0 Å². The largest absolute Gasteiger partial charge is 0.497 e. The summed E-state index contributed by atoms with van der Waals surface area (Å²) in [6.07, 6.45) is 9.34. The van der Waals surface area contributed by atoms with Crippen molar-refractivity contribution in [2.24, 2.45) is 5.92 Å². The lowest BCUT2D eigenvalue weighted by Gasteiger charge is -2.07. The van der Waals surface area contributed by atoms with Gasteiger partial charge in [0.1, 0.15) is 12.0 Å². The first-order chi connectivity index (χ1) is 11.7. The van der Waals surface area contributed by atoms with E-state index < -0.39 is 0 Å². The van der Waals surface area contributed by atoms with Crippen LogP contribution in [0.3, 0.4) is 0 Å². The topological polar surface area (TPSA) is 64.4 Å². The molecule has 2 aromatic rings. The lowest BCUT2D eigenvalue weighted by atomic mass is 10.1. The Kier molecular flexibility index (Phi) is 5.31. The number of carbonyl (C=O) groups excluding carboxylic acids is 1. The molecule has 1 aliphatic rings. The zero-order valence-corrected chi connectivity index (χ0v) is 13.8. The van der Waals surface area contributed by atoms with Crippen molar-refractivity contribution in [3.8, 4) is 17.2 Å². The van der Waals surface area contributed by atoms with Gasteiger partial charge in [-0.25, -0.2) is 4.98 Å². The Bertz CT molecular complexity index is 704. The number of allylic oxidation sites excluding steroid dienone is 2. The lowest BCUT2D eigenvalue weighted by Crippen LogP contribution is -2.27. The summed E-state index contributed by atoms with van der Waals surface area (Å²) in [5.41, 5.74) is 1.74. The highest BCUT2D eigenvalue weighted by Crippen LogP contribution is 2.22. The van der Waals surface area contributed by atoms with Crippen LogP contribution < -0.4 is 10.1 Å². The number of methoxy groups -OCH3 is 1. The van der Waals surface area contributed by atoms with Gasteiger partial charge in [0.25, 0.3) is 0 Å². The van der Waals surface area contributed by atoms with Crippen molar-refractivity contribution in [2.75, 3.05) is 13.7 Å². The molecular formula is C19H22N2O3. The van der Waals surface area contributed by atoms with Crippen LogP contribution in [0.25, 0.3) is 11.5 Å². The van der Waals surface area contributed by atoms with Crippen molar-refractivity contribution in [3.63, 3.8) is 0 Å². The van der Waals surface area contributed by atoms with Crippen molar-refractivity contribution in [1.82, 2.24) is 10.3 Å². The van der Waals surface area contributed by atoms with Crippen molar-refractivity contribution >= 4 is 5.91 Å².